The van der Waals surface area contributed by atoms with E-state index in [1.54, 1.807) is 13.8 Å². The highest BCUT2D eigenvalue weighted by atomic mass is 19.3. The first-order chi connectivity index (χ1) is 6.76. The van der Waals surface area contributed by atoms with Gasteiger partial charge in [-0.05, 0) is 0 Å². The third-order valence-electron chi connectivity index (χ3n) is 2.29. The summed E-state index contributed by atoms with van der Waals surface area (Å²) in [6.45, 7) is 2.87. The summed E-state index contributed by atoms with van der Waals surface area (Å²) in [5, 5.41) is 0. The van der Waals surface area contributed by atoms with Crippen molar-refractivity contribution in [3.8, 4) is 0 Å². The van der Waals surface area contributed by atoms with Gasteiger partial charge in [-0.25, -0.2) is 8.78 Å². The van der Waals surface area contributed by atoms with E-state index in [4.69, 9.17) is 4.74 Å². The van der Waals surface area contributed by atoms with Crippen molar-refractivity contribution in [2.75, 3.05) is 19.8 Å². The number of hydrogen-bond acceptors (Lipinski definition) is 2. The predicted molar refractivity (Wildman–Crippen MR) is 45.3 cm³/mol. The Hall–Kier alpha value is -0.360. The third-order valence-corrected chi connectivity index (χ3v) is 2.29. The molecule has 0 amide bonds. The van der Waals surface area contributed by atoms with Gasteiger partial charge in [-0.3, -0.25) is 0 Å². The molecule has 1 saturated heterocycles. The van der Waals surface area contributed by atoms with Gasteiger partial charge in [0.15, 0.2) is 0 Å². The Bertz CT molecular complexity index is 200. The van der Waals surface area contributed by atoms with Crippen LogP contribution in [0.25, 0.3) is 0 Å². The second kappa shape index (κ2) is 4.25. The molecule has 0 aromatic heterocycles. The molecule has 0 aliphatic carbocycles. The van der Waals surface area contributed by atoms with Crippen LogP contribution in [-0.2, 0) is 9.47 Å². The summed E-state index contributed by atoms with van der Waals surface area (Å²) >= 11 is 0. The summed E-state index contributed by atoms with van der Waals surface area (Å²) in [6, 6.07) is 0. The zero-order valence-corrected chi connectivity index (χ0v) is 8.60. The molecule has 1 fully saturated rings. The van der Waals surface area contributed by atoms with Gasteiger partial charge in [0, 0.05) is 5.41 Å². The van der Waals surface area contributed by atoms with Gasteiger partial charge in [-0.1, -0.05) is 13.8 Å². The fourth-order valence-electron chi connectivity index (χ4n) is 1.11. The summed E-state index contributed by atoms with van der Waals surface area (Å²) < 4.78 is 58.0. The minimum Gasteiger partial charge on any atom is -0.374 e. The van der Waals surface area contributed by atoms with Crippen molar-refractivity contribution in [3.63, 3.8) is 0 Å². The van der Waals surface area contributed by atoms with Crippen LogP contribution in [0.3, 0.4) is 0 Å². The van der Waals surface area contributed by atoms with Crippen molar-refractivity contribution in [2.45, 2.75) is 32.3 Å². The molecule has 0 radical (unpaired) electrons. The van der Waals surface area contributed by atoms with Gasteiger partial charge in [0.05, 0.1) is 19.3 Å². The molecule has 0 aromatic carbocycles. The molecule has 90 valence electrons. The molecule has 0 bridgehead atoms. The van der Waals surface area contributed by atoms with Crippen LogP contribution < -0.4 is 0 Å². The second-order valence-corrected chi connectivity index (χ2v) is 4.37. The minimum atomic E-state index is -4.07. The third kappa shape index (κ3) is 3.61. The lowest BCUT2D eigenvalue weighted by atomic mass is 9.91. The monoisotopic (exact) mass is 230 g/mol. The topological polar surface area (TPSA) is 21.8 Å². The first-order valence-electron chi connectivity index (χ1n) is 4.61. The molecule has 1 atom stereocenters. The van der Waals surface area contributed by atoms with E-state index in [1.807, 2.05) is 0 Å². The lowest BCUT2D eigenvalue weighted by molar-refractivity contribution is -0.171. The van der Waals surface area contributed by atoms with E-state index in [0.717, 1.165) is 0 Å². The number of halogens is 4. The van der Waals surface area contributed by atoms with E-state index >= 15 is 0 Å². The first kappa shape index (κ1) is 12.7. The Balaban J connectivity index is 2.26. The lowest BCUT2D eigenvalue weighted by Crippen LogP contribution is -2.35. The van der Waals surface area contributed by atoms with Gasteiger partial charge < -0.3 is 9.47 Å². The van der Waals surface area contributed by atoms with E-state index in [-0.39, 0.29) is 12.7 Å². The molecule has 0 N–H and O–H groups in total. The van der Waals surface area contributed by atoms with Crippen molar-refractivity contribution >= 4 is 0 Å². The molecule has 1 aliphatic heterocycles. The Kier molecular flexibility index (Phi) is 3.60. The number of hydrogen-bond donors (Lipinski definition) is 0. The van der Waals surface area contributed by atoms with Crippen LogP contribution in [0.15, 0.2) is 0 Å². The van der Waals surface area contributed by atoms with Crippen LogP contribution >= 0.6 is 0 Å². The number of alkyl halides is 4. The molecule has 2 nitrogen and oxygen atoms in total. The largest absolute Gasteiger partial charge is 0.374 e. The second-order valence-electron chi connectivity index (χ2n) is 4.37. The maximum Gasteiger partial charge on any atom is 0.330 e. The molecule has 15 heavy (non-hydrogen) atoms. The molecule has 1 aliphatic rings. The molecule has 0 aromatic rings. The molecule has 6 heteroatoms. The summed E-state index contributed by atoms with van der Waals surface area (Å²) in [4.78, 5) is 0. The maximum absolute atomic E-state index is 12.4. The summed E-state index contributed by atoms with van der Waals surface area (Å²) in [5.74, 6) is -4.07. The van der Waals surface area contributed by atoms with Gasteiger partial charge in [-0.15, -0.1) is 0 Å². The Morgan fingerprint density at radius 3 is 2.27 bits per heavy atom. The fraction of sp³-hybridized carbons (Fsp3) is 1.00. The summed E-state index contributed by atoms with van der Waals surface area (Å²) in [6.07, 6.45) is -3.70. The molecule has 0 saturated carbocycles. The van der Waals surface area contributed by atoms with E-state index in [2.05, 4.69) is 4.74 Å². The zero-order chi connectivity index (χ0) is 11.7. The van der Waals surface area contributed by atoms with E-state index in [9.17, 15) is 17.6 Å². The highest BCUT2D eigenvalue weighted by Gasteiger charge is 2.43. The Morgan fingerprint density at radius 1 is 1.33 bits per heavy atom. The van der Waals surface area contributed by atoms with Crippen LogP contribution in [0, 0.1) is 5.41 Å². The van der Waals surface area contributed by atoms with Crippen molar-refractivity contribution < 1.29 is 27.0 Å². The molecule has 1 heterocycles. The van der Waals surface area contributed by atoms with Gasteiger partial charge in [0.2, 0.25) is 0 Å². The fourth-order valence-corrected chi connectivity index (χ4v) is 1.11. The van der Waals surface area contributed by atoms with Gasteiger partial charge in [0.1, 0.15) is 6.61 Å². The first-order valence-corrected chi connectivity index (χ1v) is 4.61. The van der Waals surface area contributed by atoms with Crippen molar-refractivity contribution in [1.29, 1.82) is 0 Å². The van der Waals surface area contributed by atoms with Crippen molar-refractivity contribution in [1.82, 2.24) is 0 Å². The van der Waals surface area contributed by atoms with E-state index < -0.39 is 24.4 Å². The quantitative estimate of drug-likeness (QED) is 0.516. The van der Waals surface area contributed by atoms with Crippen LogP contribution in [0.2, 0.25) is 0 Å². The van der Waals surface area contributed by atoms with Crippen molar-refractivity contribution in [3.05, 3.63) is 0 Å². The van der Waals surface area contributed by atoms with Crippen LogP contribution in [0.4, 0.5) is 17.6 Å². The Morgan fingerprint density at radius 2 is 1.87 bits per heavy atom. The van der Waals surface area contributed by atoms with Crippen LogP contribution in [0.1, 0.15) is 13.8 Å². The number of rotatable bonds is 6. The van der Waals surface area contributed by atoms with Crippen LogP contribution in [-0.4, -0.2) is 38.3 Å². The van der Waals surface area contributed by atoms with E-state index in [0.29, 0.717) is 6.61 Å². The van der Waals surface area contributed by atoms with Crippen molar-refractivity contribution in [2.24, 2.45) is 5.41 Å². The molecule has 0 spiro atoms. The smallest absolute Gasteiger partial charge is 0.330 e. The average molecular weight is 230 g/mol. The van der Waals surface area contributed by atoms with Gasteiger partial charge in [0.25, 0.3) is 0 Å². The van der Waals surface area contributed by atoms with E-state index in [1.165, 1.54) is 0 Å². The zero-order valence-electron chi connectivity index (χ0n) is 8.60. The molecular formula is C9H14F4O2. The molecule has 1 rings (SSSR count). The normalized spacial score (nSPS) is 22.2. The maximum atomic E-state index is 12.4. The summed E-state index contributed by atoms with van der Waals surface area (Å²) in [5.41, 5.74) is -0.405. The highest BCUT2D eigenvalue weighted by molar-refractivity contribution is 4.86. The Labute approximate surface area is 85.5 Å². The standard InChI is InChI=1S/C9H14F4O2/c1-8(2,6-3-15-6)4-14-5-9(12,13)7(10)11/h6-7H,3-5H2,1-2H3. The lowest BCUT2D eigenvalue weighted by Gasteiger charge is -2.23. The number of epoxide rings is 1. The highest BCUT2D eigenvalue weighted by Crippen LogP contribution is 2.33. The SMILES string of the molecule is CC(C)(COCC(F)(F)C(F)F)C1CO1. The molecular weight excluding hydrogens is 216 g/mol. The predicted octanol–water partition coefficient (Wildman–Crippen LogP) is 2.33. The van der Waals surface area contributed by atoms with Gasteiger partial charge in [-0.2, -0.15) is 8.78 Å². The minimum absolute atomic E-state index is 0.0139. The summed E-state index contributed by atoms with van der Waals surface area (Å²) in [7, 11) is 0. The molecule has 1 unspecified atom stereocenters. The van der Waals surface area contributed by atoms with Gasteiger partial charge >= 0.3 is 12.3 Å². The number of ether oxygens (including phenoxy) is 2. The van der Waals surface area contributed by atoms with Crippen LogP contribution in [0.5, 0.6) is 0 Å². The average Bonchev–Trinajstić information content (AvgIpc) is 2.84.